The summed E-state index contributed by atoms with van der Waals surface area (Å²) in [5.74, 6) is 0.543. The first-order chi connectivity index (χ1) is 12.3. The Bertz CT molecular complexity index is 645. The van der Waals surface area contributed by atoms with Crippen molar-refractivity contribution in [3.8, 4) is 0 Å². The summed E-state index contributed by atoms with van der Waals surface area (Å²) >= 11 is 0. The molecule has 0 bridgehead atoms. The first kappa shape index (κ1) is 19.9. The lowest BCUT2D eigenvalue weighted by Crippen LogP contribution is -2.50. The number of hydrogen-bond donors (Lipinski definition) is 3. The molecule has 9 nitrogen and oxygen atoms in total. The van der Waals surface area contributed by atoms with Gasteiger partial charge in [0, 0.05) is 12.1 Å². The highest BCUT2D eigenvalue weighted by atomic mass is 16.5. The van der Waals surface area contributed by atoms with Gasteiger partial charge >= 0.3 is 6.03 Å². The Labute approximate surface area is 152 Å². The van der Waals surface area contributed by atoms with E-state index in [1.165, 1.54) is 11.3 Å². The quantitative estimate of drug-likeness (QED) is 0.699. The molecule has 1 aliphatic carbocycles. The molecule has 2 rings (SSSR count). The Morgan fingerprint density at radius 3 is 2.58 bits per heavy atom. The van der Waals surface area contributed by atoms with Crippen molar-refractivity contribution in [3.05, 3.63) is 11.8 Å². The molecule has 144 valence electrons. The van der Waals surface area contributed by atoms with Crippen molar-refractivity contribution in [2.45, 2.75) is 45.6 Å². The maximum atomic E-state index is 12.0. The Morgan fingerprint density at radius 1 is 1.23 bits per heavy atom. The van der Waals surface area contributed by atoms with E-state index in [4.69, 9.17) is 4.52 Å². The molecular formula is C17H27N5O4. The van der Waals surface area contributed by atoms with Gasteiger partial charge in [0.25, 0.3) is 0 Å². The minimum atomic E-state index is -0.482. The van der Waals surface area contributed by atoms with E-state index in [2.05, 4.69) is 28.0 Å². The van der Waals surface area contributed by atoms with Crippen LogP contribution in [-0.2, 0) is 9.59 Å². The van der Waals surface area contributed by atoms with Gasteiger partial charge in [-0.3, -0.25) is 19.8 Å². The third-order valence-corrected chi connectivity index (χ3v) is 4.40. The lowest BCUT2D eigenvalue weighted by atomic mass is 9.86. The summed E-state index contributed by atoms with van der Waals surface area (Å²) in [5.41, 5.74) is 0. The number of aryl methyl sites for hydroxylation is 1. The fraction of sp³-hybridized carbons (Fsp3) is 0.647. The summed E-state index contributed by atoms with van der Waals surface area (Å²) in [6.07, 6.45) is 4.29. The van der Waals surface area contributed by atoms with Gasteiger partial charge < -0.3 is 15.2 Å². The van der Waals surface area contributed by atoms with Gasteiger partial charge in [0.15, 0.2) is 5.82 Å². The molecule has 0 saturated heterocycles. The smallest absolute Gasteiger partial charge is 0.321 e. The molecule has 0 radical (unpaired) electrons. The zero-order chi connectivity index (χ0) is 19.1. The molecule has 0 unspecified atom stereocenters. The minimum Gasteiger partial charge on any atom is -0.360 e. The van der Waals surface area contributed by atoms with Gasteiger partial charge in [-0.05, 0) is 32.7 Å². The average Bonchev–Trinajstić information content (AvgIpc) is 2.93. The van der Waals surface area contributed by atoms with Crippen molar-refractivity contribution in [2.24, 2.45) is 5.92 Å². The van der Waals surface area contributed by atoms with Crippen LogP contribution in [0.3, 0.4) is 0 Å². The maximum absolute atomic E-state index is 12.0. The van der Waals surface area contributed by atoms with E-state index in [0.29, 0.717) is 17.5 Å². The molecule has 1 aromatic rings. The SMILES string of the molecule is Cc1cc(NC(=O)CN(C)CC(=O)NC(=O)N[C@H]2CCCC[C@H]2C)no1. The fourth-order valence-corrected chi connectivity index (χ4v) is 3.06. The van der Waals surface area contributed by atoms with E-state index in [1.807, 2.05) is 0 Å². The highest BCUT2D eigenvalue weighted by Crippen LogP contribution is 2.23. The lowest BCUT2D eigenvalue weighted by molar-refractivity contribution is -0.122. The van der Waals surface area contributed by atoms with Gasteiger partial charge in [-0.1, -0.05) is 24.9 Å². The molecule has 0 aromatic carbocycles. The topological polar surface area (TPSA) is 117 Å². The predicted octanol–water partition coefficient (Wildman–Crippen LogP) is 1.26. The van der Waals surface area contributed by atoms with Crippen LogP contribution in [0.4, 0.5) is 10.6 Å². The normalized spacial score (nSPS) is 19.8. The highest BCUT2D eigenvalue weighted by molar-refractivity contribution is 5.96. The second-order valence-electron chi connectivity index (χ2n) is 6.93. The first-order valence-electron chi connectivity index (χ1n) is 8.85. The Morgan fingerprint density at radius 2 is 1.92 bits per heavy atom. The van der Waals surface area contributed by atoms with Crippen molar-refractivity contribution in [2.75, 3.05) is 25.5 Å². The Kier molecular flexibility index (Phi) is 7.14. The molecule has 1 heterocycles. The molecule has 26 heavy (non-hydrogen) atoms. The van der Waals surface area contributed by atoms with E-state index >= 15 is 0 Å². The van der Waals surface area contributed by atoms with Crippen molar-refractivity contribution in [1.29, 1.82) is 0 Å². The molecule has 1 aromatic heterocycles. The lowest BCUT2D eigenvalue weighted by Gasteiger charge is -2.29. The van der Waals surface area contributed by atoms with Crippen molar-refractivity contribution >= 4 is 23.7 Å². The Balaban J connectivity index is 1.69. The summed E-state index contributed by atoms with van der Waals surface area (Å²) in [4.78, 5) is 37.3. The van der Waals surface area contributed by atoms with Crippen LogP contribution in [-0.4, -0.2) is 54.1 Å². The highest BCUT2D eigenvalue weighted by Gasteiger charge is 2.23. The number of nitrogens with zero attached hydrogens (tertiary/aromatic N) is 2. The number of rotatable bonds is 6. The van der Waals surface area contributed by atoms with Crippen LogP contribution in [0, 0.1) is 12.8 Å². The molecule has 2 atom stereocenters. The number of imide groups is 1. The molecule has 3 N–H and O–H groups in total. The standard InChI is InChI=1S/C17H27N5O4/c1-11-6-4-5-7-13(11)18-17(25)20-16(24)10-22(3)9-15(23)19-14-8-12(2)26-21-14/h8,11,13H,4-7,9-10H2,1-3H3,(H,19,21,23)(H2,18,20,24,25)/t11-,13+/m1/s1. The Hall–Kier alpha value is -2.42. The monoisotopic (exact) mass is 365 g/mol. The van der Waals surface area contributed by atoms with Crippen LogP contribution < -0.4 is 16.0 Å². The summed E-state index contributed by atoms with van der Waals surface area (Å²) in [5, 5.41) is 11.4. The third kappa shape index (κ3) is 6.47. The number of anilines is 1. The van der Waals surface area contributed by atoms with E-state index in [-0.39, 0.29) is 25.0 Å². The number of urea groups is 1. The fourth-order valence-electron chi connectivity index (χ4n) is 3.06. The summed E-state index contributed by atoms with van der Waals surface area (Å²) in [6, 6.07) is 1.22. The van der Waals surface area contributed by atoms with Gasteiger partial charge in [-0.2, -0.15) is 0 Å². The number of carbonyl (C=O) groups excluding carboxylic acids is 3. The van der Waals surface area contributed by atoms with Gasteiger partial charge in [-0.25, -0.2) is 4.79 Å². The summed E-state index contributed by atoms with van der Waals surface area (Å²) < 4.78 is 4.86. The molecule has 1 aliphatic rings. The van der Waals surface area contributed by atoms with Gasteiger partial charge in [0.05, 0.1) is 13.1 Å². The zero-order valence-corrected chi connectivity index (χ0v) is 15.5. The average molecular weight is 365 g/mol. The van der Waals surface area contributed by atoms with Crippen LogP contribution in [0.2, 0.25) is 0 Å². The number of carbonyl (C=O) groups is 3. The molecule has 0 aliphatic heterocycles. The number of amides is 4. The molecule has 1 fully saturated rings. The number of aromatic nitrogens is 1. The number of nitrogens with one attached hydrogen (secondary N) is 3. The summed E-state index contributed by atoms with van der Waals surface area (Å²) in [6.45, 7) is 3.74. The molecule has 4 amide bonds. The van der Waals surface area contributed by atoms with Crippen LogP contribution in [0.15, 0.2) is 10.6 Å². The second kappa shape index (κ2) is 9.33. The molecule has 9 heteroatoms. The van der Waals surface area contributed by atoms with Crippen LogP contribution >= 0.6 is 0 Å². The maximum Gasteiger partial charge on any atom is 0.321 e. The summed E-state index contributed by atoms with van der Waals surface area (Å²) in [7, 11) is 1.62. The zero-order valence-electron chi connectivity index (χ0n) is 15.5. The van der Waals surface area contributed by atoms with E-state index in [1.54, 1.807) is 20.0 Å². The largest absolute Gasteiger partial charge is 0.360 e. The van der Waals surface area contributed by atoms with Crippen molar-refractivity contribution in [1.82, 2.24) is 20.7 Å². The predicted molar refractivity (Wildman–Crippen MR) is 95.5 cm³/mol. The number of hydrogen-bond acceptors (Lipinski definition) is 6. The van der Waals surface area contributed by atoms with E-state index < -0.39 is 11.9 Å². The van der Waals surface area contributed by atoms with Crippen molar-refractivity contribution in [3.63, 3.8) is 0 Å². The van der Waals surface area contributed by atoms with Gasteiger partial charge in [-0.15, -0.1) is 0 Å². The first-order valence-corrected chi connectivity index (χ1v) is 8.85. The van der Waals surface area contributed by atoms with Crippen LogP contribution in [0.5, 0.6) is 0 Å². The van der Waals surface area contributed by atoms with Crippen LogP contribution in [0.25, 0.3) is 0 Å². The molecule has 0 spiro atoms. The minimum absolute atomic E-state index is 0.0133. The number of likely N-dealkylation sites (N-methyl/N-ethyl adjacent to an activating group) is 1. The van der Waals surface area contributed by atoms with Crippen LogP contribution in [0.1, 0.15) is 38.4 Å². The van der Waals surface area contributed by atoms with E-state index in [9.17, 15) is 14.4 Å². The van der Waals surface area contributed by atoms with E-state index in [0.717, 1.165) is 19.3 Å². The molecular weight excluding hydrogens is 338 g/mol. The van der Waals surface area contributed by atoms with Gasteiger partial charge in [0.2, 0.25) is 11.8 Å². The van der Waals surface area contributed by atoms with Gasteiger partial charge in [0.1, 0.15) is 5.76 Å². The van der Waals surface area contributed by atoms with Crippen molar-refractivity contribution < 1.29 is 18.9 Å². The molecule has 1 saturated carbocycles. The second-order valence-corrected chi connectivity index (χ2v) is 6.93. The third-order valence-electron chi connectivity index (χ3n) is 4.40.